The van der Waals surface area contributed by atoms with Crippen molar-refractivity contribution in [2.24, 2.45) is 0 Å². The van der Waals surface area contributed by atoms with Gasteiger partial charge in [0.05, 0.1) is 16.3 Å². The molecule has 4 nitrogen and oxygen atoms in total. The van der Waals surface area contributed by atoms with Gasteiger partial charge in [-0.1, -0.05) is 54.3 Å². The number of carbonyl (C=O) groups is 1. The highest BCUT2D eigenvalue weighted by Gasteiger charge is 2.41. The van der Waals surface area contributed by atoms with Crippen molar-refractivity contribution < 1.29 is 22.4 Å². The molecule has 1 fully saturated rings. The van der Waals surface area contributed by atoms with E-state index in [1.807, 2.05) is 31.2 Å². The second kappa shape index (κ2) is 10.5. The number of benzene rings is 2. The van der Waals surface area contributed by atoms with Gasteiger partial charge in [-0.2, -0.15) is 13.2 Å². The molecule has 1 aromatic heterocycles. The molecule has 3 aromatic rings. The number of halogens is 5. The Hall–Kier alpha value is -3.13. The summed E-state index contributed by atoms with van der Waals surface area (Å²) < 4.78 is 55.7. The van der Waals surface area contributed by atoms with Gasteiger partial charge < -0.3 is 10.6 Å². The predicted octanol–water partition coefficient (Wildman–Crippen LogP) is 6.93. The summed E-state index contributed by atoms with van der Waals surface area (Å²) in [6, 6.07) is 12.1. The van der Waals surface area contributed by atoms with Crippen LogP contribution in [0, 0.1) is 12.7 Å². The Labute approximate surface area is 212 Å². The minimum atomic E-state index is -4.79. The number of urea groups is 1. The molecular weight excluding hydrogens is 494 g/mol. The Bertz CT molecular complexity index is 1210. The van der Waals surface area contributed by atoms with Gasteiger partial charge in [-0.05, 0) is 61.2 Å². The number of pyridine rings is 1. The Morgan fingerprint density at radius 2 is 1.69 bits per heavy atom. The van der Waals surface area contributed by atoms with Gasteiger partial charge in [0.15, 0.2) is 0 Å². The van der Waals surface area contributed by atoms with Crippen molar-refractivity contribution in [2.45, 2.75) is 56.8 Å². The smallest absolute Gasteiger partial charge is 0.335 e. The third kappa shape index (κ3) is 5.98. The predicted molar refractivity (Wildman–Crippen MR) is 130 cm³/mol. The summed E-state index contributed by atoms with van der Waals surface area (Å²) in [6.07, 6.45) is 0.188. The highest BCUT2D eigenvalue weighted by Crippen LogP contribution is 2.38. The van der Waals surface area contributed by atoms with E-state index in [2.05, 4.69) is 15.6 Å². The SMILES string of the molecule is Cc1ccc(C[C@](NC(=O)NC2CCCC2)(c2cc(F)cc(C(F)(F)F)c2)c2ccc(Cl)cn2)cc1. The summed E-state index contributed by atoms with van der Waals surface area (Å²) >= 11 is 6.04. The molecule has 4 rings (SSSR count). The topological polar surface area (TPSA) is 54.0 Å². The molecule has 1 aliphatic rings. The van der Waals surface area contributed by atoms with Crippen LogP contribution in [-0.4, -0.2) is 17.1 Å². The molecule has 2 amide bonds. The molecule has 2 aromatic carbocycles. The molecule has 1 heterocycles. The van der Waals surface area contributed by atoms with Crippen molar-refractivity contribution in [3.05, 3.63) is 99.6 Å². The zero-order valence-corrected chi connectivity index (χ0v) is 20.4. The van der Waals surface area contributed by atoms with Gasteiger partial charge in [0.25, 0.3) is 0 Å². The Morgan fingerprint density at radius 3 is 2.31 bits per heavy atom. The molecule has 0 saturated heterocycles. The molecule has 36 heavy (non-hydrogen) atoms. The fraction of sp³-hybridized carbons (Fsp3) is 0.333. The van der Waals surface area contributed by atoms with E-state index in [0.29, 0.717) is 11.1 Å². The van der Waals surface area contributed by atoms with Gasteiger partial charge in [-0.15, -0.1) is 0 Å². The number of hydrogen-bond acceptors (Lipinski definition) is 2. The highest BCUT2D eigenvalue weighted by molar-refractivity contribution is 6.30. The van der Waals surface area contributed by atoms with Crippen molar-refractivity contribution in [2.75, 3.05) is 0 Å². The van der Waals surface area contributed by atoms with Crippen molar-refractivity contribution in [3.8, 4) is 0 Å². The third-order valence-electron chi connectivity index (χ3n) is 6.49. The van der Waals surface area contributed by atoms with Crippen LogP contribution >= 0.6 is 11.6 Å². The Morgan fingerprint density at radius 1 is 1.03 bits per heavy atom. The van der Waals surface area contributed by atoms with Gasteiger partial charge >= 0.3 is 12.2 Å². The molecular formula is C27H26ClF4N3O. The number of carbonyl (C=O) groups excluding carboxylic acids is 1. The molecule has 0 radical (unpaired) electrons. The monoisotopic (exact) mass is 519 g/mol. The van der Waals surface area contributed by atoms with E-state index < -0.39 is 29.1 Å². The summed E-state index contributed by atoms with van der Waals surface area (Å²) in [4.78, 5) is 17.6. The summed E-state index contributed by atoms with van der Waals surface area (Å²) in [7, 11) is 0. The number of hydrogen-bond donors (Lipinski definition) is 2. The first kappa shape index (κ1) is 25.9. The van der Waals surface area contributed by atoms with E-state index in [4.69, 9.17) is 11.6 Å². The van der Waals surface area contributed by atoms with Crippen molar-refractivity contribution in [3.63, 3.8) is 0 Å². The minimum absolute atomic E-state index is 0.0285. The number of aromatic nitrogens is 1. The first-order valence-corrected chi connectivity index (χ1v) is 12.1. The summed E-state index contributed by atoms with van der Waals surface area (Å²) in [5, 5.41) is 6.12. The zero-order chi connectivity index (χ0) is 25.9. The second-order valence-electron chi connectivity index (χ2n) is 9.24. The summed E-state index contributed by atoms with van der Waals surface area (Å²) in [5.74, 6) is -1.07. The third-order valence-corrected chi connectivity index (χ3v) is 6.71. The second-order valence-corrected chi connectivity index (χ2v) is 9.67. The van der Waals surface area contributed by atoms with E-state index in [1.165, 1.54) is 18.3 Å². The molecule has 1 aliphatic carbocycles. The van der Waals surface area contributed by atoms with E-state index in [9.17, 15) is 22.4 Å². The first-order valence-electron chi connectivity index (χ1n) is 11.7. The lowest BCUT2D eigenvalue weighted by molar-refractivity contribution is -0.137. The quantitative estimate of drug-likeness (QED) is 0.347. The van der Waals surface area contributed by atoms with Gasteiger partial charge in [-0.3, -0.25) is 4.98 Å². The van der Waals surface area contributed by atoms with Crippen LogP contribution in [0.2, 0.25) is 5.02 Å². The van der Waals surface area contributed by atoms with E-state index in [1.54, 1.807) is 0 Å². The first-order chi connectivity index (χ1) is 17.0. The fourth-order valence-corrected chi connectivity index (χ4v) is 4.76. The number of nitrogens with one attached hydrogen (secondary N) is 2. The average Bonchev–Trinajstić information content (AvgIpc) is 3.32. The van der Waals surface area contributed by atoms with Crippen LogP contribution < -0.4 is 10.6 Å². The van der Waals surface area contributed by atoms with Crippen molar-refractivity contribution in [1.82, 2.24) is 15.6 Å². The molecule has 0 bridgehead atoms. The van der Waals surface area contributed by atoms with Crippen LogP contribution in [0.5, 0.6) is 0 Å². The number of rotatable bonds is 6. The molecule has 0 spiro atoms. The van der Waals surface area contributed by atoms with Crippen LogP contribution in [0.25, 0.3) is 0 Å². The molecule has 1 saturated carbocycles. The highest BCUT2D eigenvalue weighted by atomic mass is 35.5. The maximum absolute atomic E-state index is 14.7. The van der Waals surface area contributed by atoms with Crippen LogP contribution in [-0.2, 0) is 18.1 Å². The fourth-order valence-electron chi connectivity index (χ4n) is 4.65. The standard InChI is InChI=1S/C27H26ClF4N3O/c1-17-6-8-18(9-7-17)15-26(24-11-10-21(28)16-33-24,35-25(36)34-23-4-2-3-5-23)19-12-20(27(30,31)32)14-22(29)13-19/h6-14,16,23H,2-5,15H2,1H3,(H2,34,35,36)/t26-/m0/s1. The average molecular weight is 520 g/mol. The normalized spacial score (nSPS) is 15.9. The van der Waals surface area contributed by atoms with Gasteiger partial charge in [0.2, 0.25) is 0 Å². The molecule has 2 N–H and O–H groups in total. The molecule has 9 heteroatoms. The molecule has 1 atom stereocenters. The van der Waals surface area contributed by atoms with Crippen LogP contribution in [0.4, 0.5) is 22.4 Å². The number of aryl methyl sites for hydroxylation is 1. The summed E-state index contributed by atoms with van der Waals surface area (Å²) in [5.41, 5.74) is -0.912. The number of alkyl halides is 3. The zero-order valence-electron chi connectivity index (χ0n) is 19.6. The molecule has 0 aliphatic heterocycles. The Balaban J connectivity index is 1.89. The van der Waals surface area contributed by atoms with Crippen molar-refractivity contribution >= 4 is 17.6 Å². The number of amides is 2. The van der Waals surface area contributed by atoms with Gasteiger partial charge in [0, 0.05) is 18.7 Å². The maximum Gasteiger partial charge on any atom is 0.416 e. The summed E-state index contributed by atoms with van der Waals surface area (Å²) in [6.45, 7) is 1.91. The van der Waals surface area contributed by atoms with E-state index in [-0.39, 0.29) is 23.7 Å². The number of nitrogens with zero attached hydrogens (tertiary/aromatic N) is 1. The van der Waals surface area contributed by atoms with Gasteiger partial charge in [0.1, 0.15) is 11.4 Å². The Kier molecular flexibility index (Phi) is 7.54. The van der Waals surface area contributed by atoms with Crippen molar-refractivity contribution in [1.29, 1.82) is 0 Å². The van der Waals surface area contributed by atoms with E-state index in [0.717, 1.165) is 48.9 Å². The van der Waals surface area contributed by atoms with Crippen LogP contribution in [0.3, 0.4) is 0 Å². The van der Waals surface area contributed by atoms with Crippen LogP contribution in [0.1, 0.15) is 53.6 Å². The maximum atomic E-state index is 14.7. The van der Waals surface area contributed by atoms with E-state index >= 15 is 0 Å². The molecule has 190 valence electrons. The van der Waals surface area contributed by atoms with Gasteiger partial charge in [-0.25, -0.2) is 9.18 Å². The minimum Gasteiger partial charge on any atom is -0.335 e. The largest absolute Gasteiger partial charge is 0.416 e. The lowest BCUT2D eigenvalue weighted by atomic mass is 9.79. The van der Waals surface area contributed by atoms with Crippen LogP contribution in [0.15, 0.2) is 60.8 Å². The lowest BCUT2D eigenvalue weighted by Gasteiger charge is -2.36. The molecule has 0 unspecified atom stereocenters. The lowest BCUT2D eigenvalue weighted by Crippen LogP contribution is -2.54.